The lowest BCUT2D eigenvalue weighted by Gasteiger charge is -2.20. The summed E-state index contributed by atoms with van der Waals surface area (Å²) in [6, 6.07) is 16.3. The number of ether oxygens (including phenoxy) is 2. The molecule has 0 fully saturated rings. The Labute approximate surface area is 176 Å². The minimum absolute atomic E-state index is 0. The molecule has 0 N–H and O–H groups in total. The summed E-state index contributed by atoms with van der Waals surface area (Å²) in [5.74, 6) is 1.81. The van der Waals surface area contributed by atoms with Crippen molar-refractivity contribution in [2.75, 3.05) is 33.4 Å². The highest BCUT2D eigenvalue weighted by Gasteiger charge is 2.02. The average Bonchev–Trinajstić information content (AvgIpc) is 2.71. The van der Waals surface area contributed by atoms with Crippen molar-refractivity contribution in [2.45, 2.75) is 33.1 Å². The van der Waals surface area contributed by atoms with Crippen LogP contribution in [0.4, 0.5) is 0 Å². The normalized spacial score (nSPS) is 10.9. The van der Waals surface area contributed by atoms with Gasteiger partial charge in [-0.3, -0.25) is 0 Å². The molecule has 28 heavy (non-hydrogen) atoms. The van der Waals surface area contributed by atoms with Gasteiger partial charge >= 0.3 is 0 Å². The fourth-order valence-corrected chi connectivity index (χ4v) is 3.06. The first-order chi connectivity index (χ1) is 13.2. The lowest BCUT2D eigenvalue weighted by molar-refractivity contribution is 0.234. The number of hydrogen-bond acceptors (Lipinski definition) is 3. The second kappa shape index (κ2) is 14.1. The number of benzene rings is 2. The minimum Gasteiger partial charge on any atom is -0.497 e. The summed E-state index contributed by atoms with van der Waals surface area (Å²) >= 11 is 0. The van der Waals surface area contributed by atoms with E-state index < -0.39 is 0 Å². The molecule has 0 spiro atoms. The van der Waals surface area contributed by atoms with Crippen LogP contribution in [0.15, 0.2) is 48.5 Å². The predicted molar refractivity (Wildman–Crippen MR) is 123 cm³/mol. The third kappa shape index (κ3) is 8.81. The van der Waals surface area contributed by atoms with E-state index in [4.69, 9.17) is 9.47 Å². The quantitative estimate of drug-likeness (QED) is 0.312. The number of hydrogen-bond donors (Lipinski definition) is 0. The Balaban J connectivity index is 0.00000392. The summed E-state index contributed by atoms with van der Waals surface area (Å²) in [7, 11) is 1.69. The molecule has 0 atom stereocenters. The van der Waals surface area contributed by atoms with Crippen LogP contribution in [0.2, 0.25) is 0 Å². The Kier molecular flexibility index (Phi) is 12.1. The van der Waals surface area contributed by atoms with Crippen LogP contribution in [0.3, 0.4) is 0 Å². The lowest BCUT2D eigenvalue weighted by Crippen LogP contribution is -2.27. The largest absolute Gasteiger partial charge is 0.497 e. The van der Waals surface area contributed by atoms with Gasteiger partial charge in [-0.2, -0.15) is 0 Å². The smallest absolute Gasteiger partial charge is 0.119 e. The highest BCUT2D eigenvalue weighted by atomic mass is 35.5. The van der Waals surface area contributed by atoms with Crippen LogP contribution in [0.25, 0.3) is 12.2 Å². The van der Waals surface area contributed by atoms with Gasteiger partial charge in [0.2, 0.25) is 0 Å². The molecule has 0 saturated heterocycles. The van der Waals surface area contributed by atoms with Gasteiger partial charge in [-0.15, -0.1) is 12.4 Å². The molecule has 0 aliphatic heterocycles. The molecule has 4 heteroatoms. The molecule has 2 aromatic rings. The van der Waals surface area contributed by atoms with Gasteiger partial charge in [-0.05, 0) is 67.7 Å². The Hall–Kier alpha value is -1.97. The zero-order valence-corrected chi connectivity index (χ0v) is 18.2. The van der Waals surface area contributed by atoms with Gasteiger partial charge in [0.05, 0.1) is 13.7 Å². The van der Waals surface area contributed by atoms with Gasteiger partial charge in [0.25, 0.3) is 0 Å². The fourth-order valence-electron chi connectivity index (χ4n) is 3.06. The van der Waals surface area contributed by atoms with Crippen molar-refractivity contribution in [2.24, 2.45) is 0 Å². The SMILES string of the molecule is CCCN(CCC)CCCOc1ccc(C=Cc2cccc(OC)c2)cc1.Cl. The highest BCUT2D eigenvalue weighted by Crippen LogP contribution is 2.17. The molecule has 0 heterocycles. The monoisotopic (exact) mass is 403 g/mol. The van der Waals surface area contributed by atoms with Crippen LogP contribution >= 0.6 is 12.4 Å². The van der Waals surface area contributed by atoms with E-state index in [1.165, 1.54) is 25.9 Å². The molecule has 0 amide bonds. The molecule has 0 radical (unpaired) electrons. The maximum absolute atomic E-state index is 5.89. The van der Waals surface area contributed by atoms with Crippen LogP contribution < -0.4 is 9.47 Å². The fraction of sp³-hybridized carbons (Fsp3) is 0.417. The number of methoxy groups -OCH3 is 1. The molecule has 0 unspecified atom stereocenters. The zero-order valence-electron chi connectivity index (χ0n) is 17.4. The van der Waals surface area contributed by atoms with Gasteiger partial charge in [0.1, 0.15) is 11.5 Å². The molecule has 2 rings (SSSR count). The molecule has 3 nitrogen and oxygen atoms in total. The van der Waals surface area contributed by atoms with Crippen LogP contribution in [-0.2, 0) is 0 Å². The van der Waals surface area contributed by atoms with Gasteiger partial charge in [0, 0.05) is 6.54 Å². The zero-order chi connectivity index (χ0) is 19.3. The molecule has 0 aromatic heterocycles. The number of halogens is 1. The van der Waals surface area contributed by atoms with Crippen molar-refractivity contribution in [1.82, 2.24) is 4.90 Å². The van der Waals surface area contributed by atoms with Gasteiger partial charge in [-0.25, -0.2) is 0 Å². The summed E-state index contributed by atoms with van der Waals surface area (Å²) in [6.45, 7) is 8.73. The summed E-state index contributed by atoms with van der Waals surface area (Å²) in [6.07, 6.45) is 7.69. The Morgan fingerprint density at radius 3 is 2.14 bits per heavy atom. The maximum atomic E-state index is 5.89. The van der Waals surface area contributed by atoms with Gasteiger partial charge < -0.3 is 14.4 Å². The third-order valence-corrected chi connectivity index (χ3v) is 4.41. The third-order valence-electron chi connectivity index (χ3n) is 4.41. The van der Waals surface area contributed by atoms with E-state index >= 15 is 0 Å². The average molecular weight is 404 g/mol. The van der Waals surface area contributed by atoms with E-state index in [2.05, 4.69) is 49.1 Å². The Morgan fingerprint density at radius 1 is 0.821 bits per heavy atom. The second-order valence-corrected chi connectivity index (χ2v) is 6.72. The first-order valence-corrected chi connectivity index (χ1v) is 10.0. The van der Waals surface area contributed by atoms with Crippen molar-refractivity contribution in [3.8, 4) is 11.5 Å². The van der Waals surface area contributed by atoms with Crippen molar-refractivity contribution in [3.05, 3.63) is 59.7 Å². The molecule has 0 bridgehead atoms. The van der Waals surface area contributed by atoms with Crippen molar-refractivity contribution >= 4 is 24.6 Å². The van der Waals surface area contributed by atoms with Crippen molar-refractivity contribution in [3.63, 3.8) is 0 Å². The van der Waals surface area contributed by atoms with Crippen molar-refractivity contribution in [1.29, 1.82) is 0 Å². The topological polar surface area (TPSA) is 21.7 Å². The molecule has 0 aliphatic rings. The van der Waals surface area contributed by atoms with E-state index in [1.54, 1.807) is 7.11 Å². The van der Waals surface area contributed by atoms with E-state index in [0.29, 0.717) is 0 Å². The molecular formula is C24H34ClNO2. The number of rotatable bonds is 12. The van der Waals surface area contributed by atoms with Crippen LogP contribution in [0, 0.1) is 0 Å². The standard InChI is InChI=1S/C24H33NO2.ClH/c1-4-16-25(17-5-2)18-7-19-27-23-14-12-21(13-15-23)10-11-22-8-6-9-24(20-22)26-3;/h6,8-15,20H,4-5,7,16-19H2,1-3H3;1H. The molecular weight excluding hydrogens is 370 g/mol. The van der Waals surface area contributed by atoms with E-state index in [0.717, 1.165) is 42.2 Å². The summed E-state index contributed by atoms with van der Waals surface area (Å²) in [5, 5.41) is 0. The minimum atomic E-state index is 0. The van der Waals surface area contributed by atoms with E-state index in [-0.39, 0.29) is 12.4 Å². The van der Waals surface area contributed by atoms with E-state index in [9.17, 15) is 0 Å². The molecule has 0 saturated carbocycles. The first kappa shape index (κ1) is 24.1. The van der Waals surface area contributed by atoms with Crippen LogP contribution in [-0.4, -0.2) is 38.3 Å². The molecule has 2 aromatic carbocycles. The highest BCUT2D eigenvalue weighted by molar-refractivity contribution is 5.85. The maximum Gasteiger partial charge on any atom is 0.119 e. The first-order valence-electron chi connectivity index (χ1n) is 10.0. The molecule has 154 valence electrons. The van der Waals surface area contributed by atoms with Crippen LogP contribution in [0.1, 0.15) is 44.2 Å². The van der Waals surface area contributed by atoms with Gasteiger partial charge in [0.15, 0.2) is 0 Å². The van der Waals surface area contributed by atoms with E-state index in [1.807, 2.05) is 30.3 Å². The Morgan fingerprint density at radius 2 is 1.50 bits per heavy atom. The number of nitrogens with zero attached hydrogens (tertiary/aromatic N) is 1. The van der Waals surface area contributed by atoms with Crippen LogP contribution in [0.5, 0.6) is 11.5 Å². The van der Waals surface area contributed by atoms with Crippen molar-refractivity contribution < 1.29 is 9.47 Å². The predicted octanol–water partition coefficient (Wildman–Crippen LogP) is 6.18. The Bertz CT molecular complexity index is 679. The van der Waals surface area contributed by atoms with Gasteiger partial charge in [-0.1, -0.05) is 50.3 Å². The summed E-state index contributed by atoms with van der Waals surface area (Å²) < 4.78 is 11.2. The summed E-state index contributed by atoms with van der Waals surface area (Å²) in [5.41, 5.74) is 2.28. The lowest BCUT2D eigenvalue weighted by atomic mass is 10.1. The second-order valence-electron chi connectivity index (χ2n) is 6.72. The molecule has 0 aliphatic carbocycles. The summed E-state index contributed by atoms with van der Waals surface area (Å²) in [4.78, 5) is 2.52.